The van der Waals surface area contributed by atoms with E-state index in [1.54, 1.807) is 0 Å². The molecule has 6 rings (SSSR count). The van der Waals surface area contributed by atoms with Crippen molar-refractivity contribution in [2.75, 3.05) is 0 Å². The molecule has 1 aliphatic rings. The fourth-order valence-corrected chi connectivity index (χ4v) is 4.33. The Morgan fingerprint density at radius 3 is 1.40 bits per heavy atom. The quantitative estimate of drug-likeness (QED) is 0.273. The van der Waals surface area contributed by atoms with Gasteiger partial charge in [0.1, 0.15) is 0 Å². The third-order valence-corrected chi connectivity index (χ3v) is 5.57. The summed E-state index contributed by atoms with van der Waals surface area (Å²) in [6.45, 7) is 0. The van der Waals surface area contributed by atoms with Crippen LogP contribution in [0.15, 0.2) is 84.9 Å². The number of hydrogen-bond donors (Lipinski definition) is 0. The van der Waals surface area contributed by atoms with Crippen molar-refractivity contribution in [1.29, 1.82) is 0 Å². The van der Waals surface area contributed by atoms with Crippen molar-refractivity contribution in [2.45, 2.75) is 6.42 Å². The molecule has 0 spiro atoms. The Balaban J connectivity index is 1.65. The monoisotopic (exact) mass is 316 g/mol. The van der Waals surface area contributed by atoms with Crippen molar-refractivity contribution >= 4 is 32.3 Å². The van der Waals surface area contributed by atoms with Crippen LogP contribution in [-0.2, 0) is 6.42 Å². The number of fused-ring (bicyclic) bond motifs is 6. The normalized spacial score (nSPS) is 12.6. The molecule has 0 heterocycles. The molecule has 0 aliphatic heterocycles. The van der Waals surface area contributed by atoms with Crippen molar-refractivity contribution in [3.05, 3.63) is 96.1 Å². The minimum Gasteiger partial charge on any atom is -0.0616 e. The van der Waals surface area contributed by atoms with Crippen LogP contribution in [0.4, 0.5) is 0 Å². The van der Waals surface area contributed by atoms with Gasteiger partial charge in [-0.2, -0.15) is 0 Å². The van der Waals surface area contributed by atoms with Crippen LogP contribution in [0.2, 0.25) is 0 Å². The number of rotatable bonds is 0. The van der Waals surface area contributed by atoms with Crippen LogP contribution in [0.3, 0.4) is 0 Å². The summed E-state index contributed by atoms with van der Waals surface area (Å²) in [5.74, 6) is 0. The summed E-state index contributed by atoms with van der Waals surface area (Å²) in [5, 5.41) is 7.97. The maximum Gasteiger partial charge on any atom is -0.00130 e. The molecule has 1 aliphatic carbocycles. The second-order valence-electron chi connectivity index (χ2n) is 7.09. The lowest BCUT2D eigenvalue weighted by Crippen LogP contribution is -1.82. The zero-order valence-electron chi connectivity index (χ0n) is 13.8. The van der Waals surface area contributed by atoms with E-state index in [9.17, 15) is 0 Å². The molecule has 0 atom stereocenters. The smallest absolute Gasteiger partial charge is 0.00130 e. The predicted molar refractivity (Wildman–Crippen MR) is 107 cm³/mol. The van der Waals surface area contributed by atoms with Crippen molar-refractivity contribution in [3.63, 3.8) is 0 Å². The van der Waals surface area contributed by atoms with Gasteiger partial charge in [0, 0.05) is 0 Å². The summed E-state index contributed by atoms with van der Waals surface area (Å²) in [6.07, 6.45) is 1.04. The van der Waals surface area contributed by atoms with E-state index in [2.05, 4.69) is 84.9 Å². The van der Waals surface area contributed by atoms with E-state index < -0.39 is 0 Å². The molecule has 0 aromatic heterocycles. The van der Waals surface area contributed by atoms with Crippen molar-refractivity contribution in [1.82, 2.24) is 0 Å². The van der Waals surface area contributed by atoms with Crippen LogP contribution >= 0.6 is 0 Å². The lowest BCUT2D eigenvalue weighted by atomic mass is 9.97. The van der Waals surface area contributed by atoms with E-state index in [1.807, 2.05) is 0 Å². The zero-order valence-corrected chi connectivity index (χ0v) is 13.8. The maximum absolute atomic E-state index is 2.39. The largest absolute Gasteiger partial charge is 0.0616 e. The molecule has 0 amide bonds. The first-order chi connectivity index (χ1) is 12.3. The minimum atomic E-state index is 1.04. The van der Waals surface area contributed by atoms with Crippen molar-refractivity contribution < 1.29 is 0 Å². The molecule has 5 aromatic rings. The summed E-state index contributed by atoms with van der Waals surface area (Å²) in [7, 11) is 0. The standard InChI is InChI=1S/C25H16/c1-2-6-17-10-21-15-25-23(12-20(21)9-16(17)5-1)13-22-11-18-7-3-4-8-19(18)14-24(22)25/h1-12,14-15H,13H2. The van der Waals surface area contributed by atoms with E-state index in [-0.39, 0.29) is 0 Å². The molecule has 0 N–H and O–H groups in total. The molecular weight excluding hydrogens is 300 g/mol. The van der Waals surface area contributed by atoms with Crippen LogP contribution in [0.5, 0.6) is 0 Å². The van der Waals surface area contributed by atoms with Gasteiger partial charge in [-0.25, -0.2) is 0 Å². The van der Waals surface area contributed by atoms with Gasteiger partial charge in [-0.05, 0) is 85.3 Å². The summed E-state index contributed by atoms with van der Waals surface area (Å²) in [5.41, 5.74) is 5.72. The number of benzene rings is 5. The highest BCUT2D eigenvalue weighted by atomic mass is 14.2. The van der Waals surface area contributed by atoms with Crippen LogP contribution in [0.1, 0.15) is 11.1 Å². The molecule has 5 aromatic carbocycles. The first kappa shape index (κ1) is 13.2. The second-order valence-corrected chi connectivity index (χ2v) is 7.09. The van der Waals surface area contributed by atoms with Gasteiger partial charge in [-0.3, -0.25) is 0 Å². The molecule has 0 nitrogen and oxygen atoms in total. The summed E-state index contributed by atoms with van der Waals surface area (Å²) >= 11 is 0. The highest BCUT2D eigenvalue weighted by molar-refractivity contribution is 6.02. The Hall–Kier alpha value is -3.12. The van der Waals surface area contributed by atoms with Crippen molar-refractivity contribution in [2.24, 2.45) is 0 Å². The summed E-state index contributed by atoms with van der Waals surface area (Å²) in [6, 6.07) is 31.4. The van der Waals surface area contributed by atoms with Gasteiger partial charge in [0.2, 0.25) is 0 Å². The topological polar surface area (TPSA) is 0 Å². The first-order valence-corrected chi connectivity index (χ1v) is 8.83. The average molecular weight is 316 g/mol. The van der Waals surface area contributed by atoms with E-state index in [1.165, 1.54) is 54.6 Å². The van der Waals surface area contributed by atoms with Gasteiger partial charge >= 0.3 is 0 Å². The van der Waals surface area contributed by atoms with Gasteiger partial charge in [-0.15, -0.1) is 0 Å². The molecule has 116 valence electrons. The highest BCUT2D eigenvalue weighted by Crippen LogP contribution is 2.41. The van der Waals surface area contributed by atoms with Crippen molar-refractivity contribution in [3.8, 4) is 11.1 Å². The molecule has 0 heteroatoms. The molecule has 0 unspecified atom stereocenters. The van der Waals surface area contributed by atoms with Crippen LogP contribution in [-0.4, -0.2) is 0 Å². The maximum atomic E-state index is 2.39. The Kier molecular flexibility index (Phi) is 2.48. The van der Waals surface area contributed by atoms with Crippen LogP contribution < -0.4 is 0 Å². The third kappa shape index (κ3) is 1.88. The van der Waals surface area contributed by atoms with Gasteiger partial charge in [0.05, 0.1) is 0 Å². The lowest BCUT2D eigenvalue weighted by molar-refractivity contribution is 1.28. The highest BCUT2D eigenvalue weighted by Gasteiger charge is 2.19. The molecular formula is C25H16. The van der Waals surface area contributed by atoms with Crippen LogP contribution in [0.25, 0.3) is 43.4 Å². The zero-order chi connectivity index (χ0) is 16.4. The Labute approximate surface area is 146 Å². The van der Waals surface area contributed by atoms with Gasteiger partial charge in [0.15, 0.2) is 0 Å². The Morgan fingerprint density at radius 2 is 0.800 bits per heavy atom. The fourth-order valence-electron chi connectivity index (χ4n) is 4.33. The lowest BCUT2D eigenvalue weighted by Gasteiger charge is -2.07. The van der Waals surface area contributed by atoms with E-state index >= 15 is 0 Å². The average Bonchev–Trinajstić information content (AvgIpc) is 2.98. The summed E-state index contributed by atoms with van der Waals surface area (Å²) < 4.78 is 0. The second kappa shape index (κ2) is 4.70. The van der Waals surface area contributed by atoms with E-state index in [0.29, 0.717) is 0 Å². The first-order valence-electron chi connectivity index (χ1n) is 8.83. The van der Waals surface area contributed by atoms with Gasteiger partial charge < -0.3 is 0 Å². The van der Waals surface area contributed by atoms with E-state index in [0.717, 1.165) is 6.42 Å². The molecule has 0 saturated heterocycles. The molecule has 25 heavy (non-hydrogen) atoms. The molecule has 0 fully saturated rings. The van der Waals surface area contributed by atoms with Gasteiger partial charge in [-0.1, -0.05) is 60.7 Å². The molecule has 0 saturated carbocycles. The summed E-state index contributed by atoms with van der Waals surface area (Å²) in [4.78, 5) is 0. The predicted octanol–water partition coefficient (Wildman–Crippen LogP) is 6.72. The van der Waals surface area contributed by atoms with Gasteiger partial charge in [0.25, 0.3) is 0 Å². The Morgan fingerprint density at radius 1 is 0.400 bits per heavy atom. The fraction of sp³-hybridized carbons (Fsp3) is 0.0400. The third-order valence-electron chi connectivity index (χ3n) is 5.57. The van der Waals surface area contributed by atoms with Crippen LogP contribution in [0, 0.1) is 0 Å². The Bertz CT molecular complexity index is 1310. The molecule has 0 radical (unpaired) electrons. The number of hydrogen-bond acceptors (Lipinski definition) is 0. The minimum absolute atomic E-state index is 1.04. The van der Waals surface area contributed by atoms with E-state index in [4.69, 9.17) is 0 Å². The molecule has 0 bridgehead atoms. The SMILES string of the molecule is c1ccc2cc3c(cc2c1)Cc1cc2cc4ccccc4cc2cc1-3.